The van der Waals surface area contributed by atoms with Gasteiger partial charge in [-0.15, -0.1) is 0 Å². The van der Waals surface area contributed by atoms with E-state index in [1.54, 1.807) is 0 Å². The number of nitrogens with two attached hydrogens (primary N) is 1. The SMILES string of the molecule is NC(=O)C1(CNC(=O)[C@H]2CCC[C@H](C(F)(F)F)C2)CCOCC1. The number of halogens is 3. The van der Waals surface area contributed by atoms with Crippen molar-refractivity contribution in [1.82, 2.24) is 5.32 Å². The zero-order valence-corrected chi connectivity index (χ0v) is 13.0. The maximum atomic E-state index is 12.8. The van der Waals surface area contributed by atoms with Crippen molar-refractivity contribution >= 4 is 11.8 Å². The molecule has 2 atom stereocenters. The molecule has 8 heteroatoms. The quantitative estimate of drug-likeness (QED) is 0.821. The molecule has 2 fully saturated rings. The fourth-order valence-corrected chi connectivity index (χ4v) is 3.40. The van der Waals surface area contributed by atoms with E-state index in [1.165, 1.54) is 0 Å². The van der Waals surface area contributed by atoms with Crippen molar-refractivity contribution in [1.29, 1.82) is 0 Å². The Morgan fingerprint density at radius 1 is 1.22 bits per heavy atom. The lowest BCUT2D eigenvalue weighted by Gasteiger charge is -2.35. The number of alkyl halides is 3. The summed E-state index contributed by atoms with van der Waals surface area (Å²) in [6.07, 6.45) is -2.69. The van der Waals surface area contributed by atoms with Gasteiger partial charge in [0.25, 0.3) is 0 Å². The molecule has 0 aromatic rings. The highest BCUT2D eigenvalue weighted by Gasteiger charge is 2.44. The molecular formula is C15H23F3N2O3. The number of primary amides is 1. The molecule has 1 aliphatic heterocycles. The van der Waals surface area contributed by atoms with E-state index in [2.05, 4.69) is 5.32 Å². The zero-order valence-electron chi connectivity index (χ0n) is 13.0. The minimum atomic E-state index is -4.26. The van der Waals surface area contributed by atoms with Gasteiger partial charge in [-0.05, 0) is 32.1 Å². The van der Waals surface area contributed by atoms with Crippen molar-refractivity contribution in [2.45, 2.75) is 44.7 Å². The zero-order chi connectivity index (χ0) is 17.1. The van der Waals surface area contributed by atoms with Gasteiger partial charge in [0.15, 0.2) is 0 Å². The number of amides is 2. The van der Waals surface area contributed by atoms with Gasteiger partial charge in [0.05, 0.1) is 11.3 Å². The number of hydrogen-bond donors (Lipinski definition) is 2. The second kappa shape index (κ2) is 7.07. The molecule has 132 valence electrons. The summed E-state index contributed by atoms with van der Waals surface area (Å²) >= 11 is 0. The molecule has 0 unspecified atom stereocenters. The number of hydrogen-bond acceptors (Lipinski definition) is 3. The first-order chi connectivity index (χ1) is 10.7. The van der Waals surface area contributed by atoms with E-state index in [4.69, 9.17) is 10.5 Å². The van der Waals surface area contributed by atoms with Crippen LogP contribution in [-0.4, -0.2) is 37.7 Å². The average molecular weight is 336 g/mol. The van der Waals surface area contributed by atoms with Crippen molar-refractivity contribution in [3.05, 3.63) is 0 Å². The summed E-state index contributed by atoms with van der Waals surface area (Å²) in [5, 5.41) is 2.65. The molecule has 1 saturated carbocycles. The van der Waals surface area contributed by atoms with E-state index in [-0.39, 0.29) is 19.4 Å². The second-order valence-corrected chi connectivity index (χ2v) is 6.58. The Labute approximate surface area is 133 Å². The van der Waals surface area contributed by atoms with Gasteiger partial charge in [0.1, 0.15) is 0 Å². The summed E-state index contributed by atoms with van der Waals surface area (Å²) in [5.74, 6) is -2.98. The molecule has 0 aromatic heterocycles. The van der Waals surface area contributed by atoms with Gasteiger partial charge in [-0.3, -0.25) is 9.59 Å². The Bertz CT molecular complexity index is 448. The average Bonchev–Trinajstić information content (AvgIpc) is 2.52. The van der Waals surface area contributed by atoms with E-state index in [0.29, 0.717) is 38.9 Å². The van der Waals surface area contributed by atoms with Gasteiger partial charge in [-0.1, -0.05) is 6.42 Å². The van der Waals surface area contributed by atoms with Gasteiger partial charge in [0, 0.05) is 25.7 Å². The minimum Gasteiger partial charge on any atom is -0.381 e. The lowest BCUT2D eigenvalue weighted by Crippen LogP contribution is -2.50. The molecular weight excluding hydrogens is 313 g/mol. The fraction of sp³-hybridized carbons (Fsp3) is 0.867. The van der Waals surface area contributed by atoms with Crippen LogP contribution in [0, 0.1) is 17.3 Å². The van der Waals surface area contributed by atoms with Gasteiger partial charge >= 0.3 is 6.18 Å². The van der Waals surface area contributed by atoms with E-state index in [0.717, 1.165) is 0 Å². The summed E-state index contributed by atoms with van der Waals surface area (Å²) in [6, 6.07) is 0. The van der Waals surface area contributed by atoms with E-state index < -0.39 is 35.2 Å². The van der Waals surface area contributed by atoms with Crippen LogP contribution < -0.4 is 11.1 Å². The van der Waals surface area contributed by atoms with Crippen LogP contribution in [0.15, 0.2) is 0 Å². The van der Waals surface area contributed by atoms with Gasteiger partial charge in [-0.2, -0.15) is 13.2 Å². The Morgan fingerprint density at radius 2 is 1.87 bits per heavy atom. The fourth-order valence-electron chi connectivity index (χ4n) is 3.40. The number of nitrogens with one attached hydrogen (secondary N) is 1. The predicted molar refractivity (Wildman–Crippen MR) is 76.2 cm³/mol. The number of ether oxygens (including phenoxy) is 1. The third-order valence-electron chi connectivity index (χ3n) is 5.08. The van der Waals surface area contributed by atoms with Crippen LogP contribution in [0.1, 0.15) is 38.5 Å². The van der Waals surface area contributed by atoms with Crippen LogP contribution >= 0.6 is 0 Å². The Hall–Kier alpha value is -1.31. The Kier molecular flexibility index (Phi) is 5.54. The predicted octanol–water partition coefficient (Wildman–Crippen LogP) is 1.75. The van der Waals surface area contributed by atoms with Crippen molar-refractivity contribution < 1.29 is 27.5 Å². The molecule has 0 bridgehead atoms. The summed E-state index contributed by atoms with van der Waals surface area (Å²) in [4.78, 5) is 23.9. The topological polar surface area (TPSA) is 81.4 Å². The smallest absolute Gasteiger partial charge is 0.381 e. The van der Waals surface area contributed by atoms with Crippen LogP contribution in [0.4, 0.5) is 13.2 Å². The van der Waals surface area contributed by atoms with Crippen molar-refractivity contribution in [2.75, 3.05) is 19.8 Å². The minimum absolute atomic E-state index is 0.0672. The van der Waals surface area contributed by atoms with Crippen LogP contribution in [0.2, 0.25) is 0 Å². The molecule has 0 spiro atoms. The summed E-state index contributed by atoms with van der Waals surface area (Å²) < 4.78 is 43.6. The summed E-state index contributed by atoms with van der Waals surface area (Å²) in [7, 11) is 0. The van der Waals surface area contributed by atoms with Crippen LogP contribution in [-0.2, 0) is 14.3 Å². The molecule has 2 aliphatic rings. The third-order valence-corrected chi connectivity index (χ3v) is 5.08. The molecule has 23 heavy (non-hydrogen) atoms. The molecule has 2 rings (SSSR count). The Balaban J connectivity index is 1.92. The normalized spacial score (nSPS) is 28.1. The van der Waals surface area contributed by atoms with Gasteiger partial charge in [0.2, 0.25) is 11.8 Å². The van der Waals surface area contributed by atoms with Crippen molar-refractivity contribution in [3.8, 4) is 0 Å². The monoisotopic (exact) mass is 336 g/mol. The molecule has 0 radical (unpaired) electrons. The summed E-state index contributed by atoms with van der Waals surface area (Å²) in [5.41, 5.74) is 4.60. The van der Waals surface area contributed by atoms with E-state index >= 15 is 0 Å². The first kappa shape index (κ1) is 18.0. The molecule has 1 aliphatic carbocycles. The maximum Gasteiger partial charge on any atom is 0.391 e. The van der Waals surface area contributed by atoms with Crippen LogP contribution in [0.25, 0.3) is 0 Å². The first-order valence-electron chi connectivity index (χ1n) is 7.97. The molecule has 2 amide bonds. The maximum absolute atomic E-state index is 12.8. The summed E-state index contributed by atoms with van der Waals surface area (Å²) in [6.45, 7) is 0.842. The Morgan fingerprint density at radius 3 is 2.43 bits per heavy atom. The molecule has 5 nitrogen and oxygen atoms in total. The number of rotatable bonds is 4. The van der Waals surface area contributed by atoms with Crippen LogP contribution in [0.3, 0.4) is 0 Å². The molecule has 3 N–H and O–H groups in total. The lowest BCUT2D eigenvalue weighted by molar-refractivity contribution is -0.186. The van der Waals surface area contributed by atoms with E-state index in [9.17, 15) is 22.8 Å². The number of carbonyl (C=O) groups excluding carboxylic acids is 2. The van der Waals surface area contributed by atoms with E-state index in [1.807, 2.05) is 0 Å². The lowest BCUT2D eigenvalue weighted by atomic mass is 9.78. The van der Waals surface area contributed by atoms with Crippen molar-refractivity contribution in [3.63, 3.8) is 0 Å². The molecule has 0 aromatic carbocycles. The van der Waals surface area contributed by atoms with Gasteiger partial charge < -0.3 is 15.8 Å². The molecule has 1 heterocycles. The molecule has 1 saturated heterocycles. The first-order valence-corrected chi connectivity index (χ1v) is 7.97. The third kappa shape index (κ3) is 4.37. The van der Waals surface area contributed by atoms with Gasteiger partial charge in [-0.25, -0.2) is 0 Å². The van der Waals surface area contributed by atoms with Crippen LogP contribution in [0.5, 0.6) is 0 Å². The highest BCUT2D eigenvalue weighted by molar-refractivity contribution is 5.83. The largest absolute Gasteiger partial charge is 0.391 e. The standard InChI is InChI=1S/C15H23F3N2O3/c16-15(17,18)11-3-1-2-10(8-11)12(21)20-9-14(13(19)22)4-6-23-7-5-14/h10-11H,1-9H2,(H2,19,22)(H,20,21)/t10-,11-/m0/s1. The highest BCUT2D eigenvalue weighted by Crippen LogP contribution is 2.40. The number of carbonyl (C=O) groups is 2. The highest BCUT2D eigenvalue weighted by atomic mass is 19.4. The van der Waals surface area contributed by atoms with Crippen molar-refractivity contribution in [2.24, 2.45) is 23.0 Å². The second-order valence-electron chi connectivity index (χ2n) is 6.58.